The van der Waals surface area contributed by atoms with Crippen LogP contribution in [-0.4, -0.2) is 86.9 Å². The Morgan fingerprint density at radius 2 is 1.52 bits per heavy atom. The summed E-state index contributed by atoms with van der Waals surface area (Å²) < 4.78 is 0.999. The van der Waals surface area contributed by atoms with Crippen molar-refractivity contribution in [2.24, 2.45) is 0 Å². The smallest absolute Gasteiger partial charge is 0.336 e. The number of amides is 1. The summed E-state index contributed by atoms with van der Waals surface area (Å²) in [4.78, 5) is 49.1. The quantitative estimate of drug-likeness (QED) is 0.145. The van der Waals surface area contributed by atoms with E-state index in [1.807, 2.05) is 44.4 Å². The van der Waals surface area contributed by atoms with Crippen LogP contribution in [0.3, 0.4) is 0 Å². The first-order valence-corrected chi connectivity index (χ1v) is 13.1. The molecule has 1 heterocycles. The molecule has 4 rings (SSSR count). The van der Waals surface area contributed by atoms with Crippen LogP contribution in [-0.2, 0) is 14.4 Å². The molecule has 4 aromatic rings. The van der Waals surface area contributed by atoms with Crippen molar-refractivity contribution in [3.63, 3.8) is 0 Å². The molecule has 0 saturated heterocycles. The molecule has 0 spiro atoms. The van der Waals surface area contributed by atoms with E-state index in [1.54, 1.807) is 0 Å². The molecule has 0 atom stereocenters. The molecule has 0 aliphatic carbocycles. The van der Waals surface area contributed by atoms with Crippen molar-refractivity contribution >= 4 is 72.3 Å². The standard InChI is InChI=1S/C22H22BrN3O.C6H8O7/c1-26(2)11-5-10-24-22(27)19-13-18-16-6-3-4-7-20(16)25-21(18)17-12-14(23)8-9-15(17)19;7-3(8)1-6(13,5(11)12)2-4(9)10/h3-4,6-9,12-13,25H,5,10-11H2,1-2H3,(H,24,27);13H,1-2H2,(H,7,8)(H,9,10)(H,11,12). The highest BCUT2D eigenvalue weighted by Gasteiger charge is 2.40. The number of H-pyrrole nitrogens is 1. The molecule has 0 radical (unpaired) electrons. The average molecular weight is 616 g/mol. The Balaban J connectivity index is 0.000000289. The largest absolute Gasteiger partial charge is 0.481 e. The Labute approximate surface area is 237 Å². The third-order valence-corrected chi connectivity index (χ3v) is 6.67. The number of benzene rings is 3. The second kappa shape index (κ2) is 12.9. The summed E-state index contributed by atoms with van der Waals surface area (Å²) in [6.45, 7) is 1.62. The van der Waals surface area contributed by atoms with E-state index in [2.05, 4.69) is 49.3 Å². The summed E-state index contributed by atoms with van der Waals surface area (Å²) >= 11 is 3.57. The number of carboxylic acids is 3. The van der Waals surface area contributed by atoms with Gasteiger partial charge in [0.1, 0.15) is 0 Å². The van der Waals surface area contributed by atoms with Crippen LogP contribution in [0.15, 0.2) is 53.0 Å². The lowest BCUT2D eigenvalue weighted by atomic mass is 9.96. The average Bonchev–Trinajstić information content (AvgIpc) is 3.24. The van der Waals surface area contributed by atoms with Crippen LogP contribution in [0.5, 0.6) is 0 Å². The number of carbonyl (C=O) groups excluding carboxylic acids is 1. The SMILES string of the molecule is CN(C)CCCNC(=O)c1cc2c3ccccc3[nH]c2c2cc(Br)ccc12.O=C(O)CC(O)(CC(=O)O)C(=O)O. The molecule has 0 bridgehead atoms. The lowest BCUT2D eigenvalue weighted by Gasteiger charge is -2.18. The molecule has 11 nitrogen and oxygen atoms in total. The minimum atomic E-state index is -2.74. The number of carboxylic acid groups (broad SMARTS) is 3. The van der Waals surface area contributed by atoms with Gasteiger partial charge in [-0.1, -0.05) is 40.2 Å². The minimum absolute atomic E-state index is 0.0201. The van der Waals surface area contributed by atoms with Gasteiger partial charge in [0.25, 0.3) is 5.91 Å². The van der Waals surface area contributed by atoms with Gasteiger partial charge in [0.2, 0.25) is 0 Å². The van der Waals surface area contributed by atoms with Crippen LogP contribution in [0.4, 0.5) is 0 Å². The number of nitrogens with one attached hydrogen (secondary N) is 2. The number of rotatable bonds is 10. The van der Waals surface area contributed by atoms with Gasteiger partial charge in [-0.05, 0) is 56.7 Å². The van der Waals surface area contributed by atoms with E-state index >= 15 is 0 Å². The highest BCUT2D eigenvalue weighted by atomic mass is 79.9. The molecule has 6 N–H and O–H groups in total. The minimum Gasteiger partial charge on any atom is -0.481 e. The van der Waals surface area contributed by atoms with Crippen LogP contribution < -0.4 is 5.32 Å². The van der Waals surface area contributed by atoms with Crippen LogP contribution in [0.25, 0.3) is 32.6 Å². The number of halogens is 1. The van der Waals surface area contributed by atoms with Gasteiger partial charge in [-0.25, -0.2) is 4.79 Å². The first-order valence-electron chi connectivity index (χ1n) is 12.3. The second-order valence-corrected chi connectivity index (χ2v) is 10.5. The van der Waals surface area contributed by atoms with E-state index < -0.39 is 36.4 Å². The molecule has 40 heavy (non-hydrogen) atoms. The highest BCUT2D eigenvalue weighted by molar-refractivity contribution is 9.10. The summed E-state index contributed by atoms with van der Waals surface area (Å²) in [7, 11) is 4.08. The van der Waals surface area contributed by atoms with Crippen molar-refractivity contribution in [3.05, 3.63) is 58.6 Å². The van der Waals surface area contributed by atoms with Crippen molar-refractivity contribution in [2.75, 3.05) is 27.2 Å². The maximum absolute atomic E-state index is 12.9. The van der Waals surface area contributed by atoms with E-state index in [4.69, 9.17) is 20.4 Å². The van der Waals surface area contributed by atoms with Crippen molar-refractivity contribution in [1.82, 2.24) is 15.2 Å². The molecule has 0 fully saturated rings. The van der Waals surface area contributed by atoms with E-state index in [0.29, 0.717) is 6.54 Å². The number of nitrogens with zero attached hydrogens (tertiary/aromatic N) is 1. The molecule has 0 aliphatic heterocycles. The van der Waals surface area contributed by atoms with E-state index in [1.165, 1.54) is 0 Å². The number of hydrogen-bond acceptors (Lipinski definition) is 6. The van der Waals surface area contributed by atoms with Gasteiger partial charge in [-0.2, -0.15) is 0 Å². The molecular weight excluding hydrogens is 586 g/mol. The number of para-hydroxylation sites is 1. The van der Waals surface area contributed by atoms with E-state index in [0.717, 1.165) is 55.6 Å². The van der Waals surface area contributed by atoms with Gasteiger partial charge in [0.15, 0.2) is 5.60 Å². The first-order chi connectivity index (χ1) is 18.8. The Hall–Kier alpha value is -4.00. The molecule has 12 heteroatoms. The maximum atomic E-state index is 12.9. The van der Waals surface area contributed by atoms with Crippen LogP contribution >= 0.6 is 15.9 Å². The fourth-order valence-electron chi connectivity index (χ4n) is 4.30. The zero-order valence-corrected chi connectivity index (χ0v) is 23.5. The molecule has 0 saturated carbocycles. The Morgan fingerprint density at radius 1 is 0.900 bits per heavy atom. The number of fused-ring (bicyclic) bond motifs is 5. The second-order valence-electron chi connectivity index (χ2n) is 9.60. The highest BCUT2D eigenvalue weighted by Crippen LogP contribution is 2.35. The number of aliphatic hydroxyl groups is 1. The van der Waals surface area contributed by atoms with Gasteiger partial charge in [-0.15, -0.1) is 0 Å². The summed E-state index contributed by atoms with van der Waals surface area (Å²) in [5, 5.41) is 41.1. The molecule has 212 valence electrons. The molecular formula is C28H30BrN3O8. The predicted octanol–water partition coefficient (Wildman–Crippen LogP) is 3.67. The molecule has 0 aliphatic rings. The topological polar surface area (TPSA) is 180 Å². The van der Waals surface area contributed by atoms with Crippen molar-refractivity contribution in [2.45, 2.75) is 24.9 Å². The zero-order chi connectivity index (χ0) is 29.6. The van der Waals surface area contributed by atoms with Gasteiger partial charge < -0.3 is 35.6 Å². The fourth-order valence-corrected chi connectivity index (χ4v) is 4.66. The number of carbonyl (C=O) groups is 4. The van der Waals surface area contributed by atoms with Crippen LogP contribution in [0.2, 0.25) is 0 Å². The summed E-state index contributed by atoms with van der Waals surface area (Å²) in [6, 6.07) is 16.3. The van der Waals surface area contributed by atoms with E-state index in [9.17, 15) is 19.2 Å². The summed E-state index contributed by atoms with van der Waals surface area (Å²) in [5.41, 5.74) is 0.131. The van der Waals surface area contributed by atoms with Gasteiger partial charge >= 0.3 is 17.9 Å². The first kappa shape index (κ1) is 30.5. The van der Waals surface area contributed by atoms with Gasteiger partial charge in [0, 0.05) is 38.3 Å². The predicted molar refractivity (Wildman–Crippen MR) is 154 cm³/mol. The third kappa shape index (κ3) is 7.34. The van der Waals surface area contributed by atoms with E-state index in [-0.39, 0.29) is 5.91 Å². The molecule has 3 aromatic carbocycles. The Kier molecular flexibility index (Phi) is 9.85. The van der Waals surface area contributed by atoms with Gasteiger partial charge in [0.05, 0.1) is 18.4 Å². The summed E-state index contributed by atoms with van der Waals surface area (Å²) in [6.07, 6.45) is -1.36. The lowest BCUT2D eigenvalue weighted by Crippen LogP contribution is -2.42. The monoisotopic (exact) mass is 615 g/mol. The Morgan fingerprint density at radius 3 is 2.12 bits per heavy atom. The maximum Gasteiger partial charge on any atom is 0.336 e. The van der Waals surface area contributed by atoms with Crippen molar-refractivity contribution < 1.29 is 39.6 Å². The van der Waals surface area contributed by atoms with Crippen LogP contribution in [0.1, 0.15) is 29.6 Å². The zero-order valence-electron chi connectivity index (χ0n) is 21.9. The van der Waals surface area contributed by atoms with Crippen molar-refractivity contribution in [1.29, 1.82) is 0 Å². The van der Waals surface area contributed by atoms with Gasteiger partial charge in [-0.3, -0.25) is 14.4 Å². The third-order valence-electron chi connectivity index (χ3n) is 6.17. The number of aromatic amines is 1. The molecule has 1 aromatic heterocycles. The molecule has 1 amide bonds. The van der Waals surface area contributed by atoms with Crippen molar-refractivity contribution in [3.8, 4) is 0 Å². The normalized spacial score (nSPS) is 11.4. The number of aliphatic carboxylic acids is 3. The Bertz CT molecular complexity index is 1560. The van der Waals surface area contributed by atoms with Crippen LogP contribution in [0, 0.1) is 0 Å². The number of aromatic nitrogens is 1. The summed E-state index contributed by atoms with van der Waals surface area (Å²) in [5.74, 6) is -5.04. The fraction of sp³-hybridized carbons (Fsp3) is 0.286. The lowest BCUT2D eigenvalue weighted by molar-refractivity contribution is -0.170. The number of hydrogen-bond donors (Lipinski definition) is 6. The molecule has 0 unspecified atom stereocenters.